The number of rotatable bonds is 2. The Kier molecular flexibility index (Phi) is 2.65. The average molecular weight is 330 g/mol. The van der Waals surface area contributed by atoms with Gasteiger partial charge >= 0.3 is 0 Å². The minimum Gasteiger partial charge on any atom is -0.352 e. The highest BCUT2D eigenvalue weighted by molar-refractivity contribution is 5.58. The van der Waals surface area contributed by atoms with E-state index in [-0.39, 0.29) is 0 Å². The average Bonchev–Trinajstić information content (AvgIpc) is 3.19. The van der Waals surface area contributed by atoms with Crippen molar-refractivity contribution in [2.45, 2.75) is 17.6 Å². The Hall–Kier alpha value is -1.90. The summed E-state index contributed by atoms with van der Waals surface area (Å²) in [6, 6.07) is 18.2. The van der Waals surface area contributed by atoms with Crippen molar-refractivity contribution < 1.29 is 9.47 Å². The first kappa shape index (κ1) is 14.3. The molecular formula is C23H22O2. The van der Waals surface area contributed by atoms with E-state index in [1.165, 1.54) is 22.3 Å². The molecule has 2 aromatic carbocycles. The smallest absolute Gasteiger partial charge is 0.180 e. The minimum absolute atomic E-state index is 0.326. The summed E-state index contributed by atoms with van der Waals surface area (Å²) >= 11 is 0. The van der Waals surface area contributed by atoms with E-state index in [0.717, 1.165) is 0 Å². The van der Waals surface area contributed by atoms with Gasteiger partial charge in [-0.1, -0.05) is 60.7 Å². The van der Waals surface area contributed by atoms with Crippen LogP contribution in [-0.4, -0.2) is 20.0 Å². The highest BCUT2D eigenvalue weighted by atomic mass is 16.7. The molecule has 0 N–H and O–H groups in total. The van der Waals surface area contributed by atoms with Crippen molar-refractivity contribution in [2.75, 3.05) is 14.2 Å². The Morgan fingerprint density at radius 1 is 0.640 bits per heavy atom. The summed E-state index contributed by atoms with van der Waals surface area (Å²) in [6.45, 7) is 0. The van der Waals surface area contributed by atoms with Gasteiger partial charge in [0.05, 0.1) is 0 Å². The molecule has 2 heteroatoms. The number of benzene rings is 2. The lowest BCUT2D eigenvalue weighted by atomic mass is 9.52. The van der Waals surface area contributed by atoms with Gasteiger partial charge in [0, 0.05) is 37.9 Å². The predicted molar refractivity (Wildman–Crippen MR) is 96.4 cm³/mol. The summed E-state index contributed by atoms with van der Waals surface area (Å²) in [5.74, 6) is 2.18. The van der Waals surface area contributed by atoms with Crippen molar-refractivity contribution in [2.24, 2.45) is 23.7 Å². The van der Waals surface area contributed by atoms with Crippen LogP contribution in [0.25, 0.3) is 0 Å². The van der Waals surface area contributed by atoms with Crippen LogP contribution in [0.15, 0.2) is 60.7 Å². The zero-order valence-electron chi connectivity index (χ0n) is 14.6. The lowest BCUT2D eigenvalue weighted by Crippen LogP contribution is -2.41. The van der Waals surface area contributed by atoms with E-state index in [2.05, 4.69) is 60.7 Å². The molecule has 2 nitrogen and oxygen atoms in total. The first-order chi connectivity index (χ1) is 12.3. The molecule has 5 aliphatic carbocycles. The topological polar surface area (TPSA) is 18.5 Å². The van der Waals surface area contributed by atoms with Crippen LogP contribution in [0, 0.1) is 23.7 Å². The Balaban J connectivity index is 1.64. The predicted octanol–water partition coefficient (Wildman–Crippen LogP) is 4.31. The van der Waals surface area contributed by atoms with Crippen molar-refractivity contribution in [1.29, 1.82) is 0 Å². The number of hydrogen-bond acceptors (Lipinski definition) is 2. The van der Waals surface area contributed by atoms with Gasteiger partial charge in [-0.05, 0) is 34.1 Å². The van der Waals surface area contributed by atoms with Crippen LogP contribution in [0.4, 0.5) is 0 Å². The molecule has 0 amide bonds. The molecule has 0 aliphatic heterocycles. The van der Waals surface area contributed by atoms with E-state index in [9.17, 15) is 0 Å². The van der Waals surface area contributed by atoms with Gasteiger partial charge in [-0.25, -0.2) is 0 Å². The number of fused-ring (bicyclic) bond motifs is 2. The van der Waals surface area contributed by atoms with Crippen molar-refractivity contribution >= 4 is 0 Å². The molecule has 0 spiro atoms. The van der Waals surface area contributed by atoms with Crippen molar-refractivity contribution in [1.82, 2.24) is 0 Å². The summed E-state index contributed by atoms with van der Waals surface area (Å²) in [5.41, 5.74) is 6.09. The Morgan fingerprint density at radius 3 is 1.32 bits per heavy atom. The van der Waals surface area contributed by atoms with E-state index >= 15 is 0 Å². The van der Waals surface area contributed by atoms with Crippen molar-refractivity contribution in [3.05, 3.63) is 82.9 Å². The third-order valence-corrected chi connectivity index (χ3v) is 7.47. The highest BCUT2D eigenvalue weighted by Crippen LogP contribution is 2.71. The molecule has 4 atom stereocenters. The van der Waals surface area contributed by atoms with E-state index < -0.39 is 5.79 Å². The third kappa shape index (κ3) is 1.43. The van der Waals surface area contributed by atoms with Crippen LogP contribution in [-0.2, 0) is 9.47 Å². The first-order valence-electron chi connectivity index (χ1n) is 9.28. The summed E-state index contributed by atoms with van der Waals surface area (Å²) in [6.07, 6.45) is 4.73. The van der Waals surface area contributed by atoms with E-state index in [0.29, 0.717) is 35.5 Å². The van der Waals surface area contributed by atoms with Gasteiger partial charge < -0.3 is 9.47 Å². The van der Waals surface area contributed by atoms with E-state index in [1.54, 1.807) is 0 Å². The van der Waals surface area contributed by atoms with Gasteiger partial charge in [0.1, 0.15) is 0 Å². The molecule has 0 saturated heterocycles. The SMILES string of the molecule is COC1(OC)[C@H]2C=C[C@H]1[C@H]1C3c4ccccc4C(c4ccccc43)[C@@H]12. The zero-order chi connectivity index (χ0) is 16.8. The van der Waals surface area contributed by atoms with E-state index in [4.69, 9.17) is 9.47 Å². The molecule has 2 aromatic rings. The highest BCUT2D eigenvalue weighted by Gasteiger charge is 2.69. The molecule has 1 saturated carbocycles. The molecule has 4 bridgehead atoms. The van der Waals surface area contributed by atoms with Crippen LogP contribution < -0.4 is 0 Å². The molecule has 126 valence electrons. The second-order valence-corrected chi connectivity index (χ2v) is 7.93. The Bertz CT molecular complexity index is 779. The molecule has 5 aliphatic rings. The Labute approximate surface area is 148 Å². The van der Waals surface area contributed by atoms with Gasteiger partial charge in [-0.2, -0.15) is 0 Å². The normalized spacial score (nSPS) is 37.7. The first-order valence-corrected chi connectivity index (χ1v) is 9.28. The van der Waals surface area contributed by atoms with Gasteiger partial charge in [-0.3, -0.25) is 0 Å². The second-order valence-electron chi connectivity index (χ2n) is 7.93. The van der Waals surface area contributed by atoms with Crippen LogP contribution in [0.5, 0.6) is 0 Å². The minimum atomic E-state index is -0.490. The van der Waals surface area contributed by atoms with Crippen LogP contribution in [0.1, 0.15) is 34.1 Å². The molecule has 7 rings (SSSR count). The number of hydrogen-bond donors (Lipinski definition) is 0. The van der Waals surface area contributed by atoms with Gasteiger partial charge in [0.15, 0.2) is 5.79 Å². The largest absolute Gasteiger partial charge is 0.352 e. The molecular weight excluding hydrogens is 308 g/mol. The molecule has 25 heavy (non-hydrogen) atoms. The van der Waals surface area contributed by atoms with Crippen molar-refractivity contribution in [3.8, 4) is 0 Å². The van der Waals surface area contributed by atoms with Crippen LogP contribution in [0.3, 0.4) is 0 Å². The number of methoxy groups -OCH3 is 2. The standard InChI is InChI=1S/C23H22O2/c1-24-23(25-2)17-11-12-18(23)22-20-14-8-4-3-7-13(14)19(21(17)22)15-9-5-6-10-16(15)20/h3-12,17-22H,1-2H3/t17-,18-,19?,20?,21-,22-/m0/s1. The van der Waals surface area contributed by atoms with Crippen LogP contribution >= 0.6 is 0 Å². The maximum atomic E-state index is 6.06. The molecule has 0 aromatic heterocycles. The van der Waals surface area contributed by atoms with Crippen LogP contribution in [0.2, 0.25) is 0 Å². The Morgan fingerprint density at radius 2 is 1.00 bits per heavy atom. The molecule has 0 heterocycles. The maximum absolute atomic E-state index is 6.06. The van der Waals surface area contributed by atoms with Gasteiger partial charge in [0.2, 0.25) is 0 Å². The lowest BCUT2D eigenvalue weighted by molar-refractivity contribution is -0.234. The summed E-state index contributed by atoms with van der Waals surface area (Å²) in [7, 11) is 3.63. The molecule has 0 radical (unpaired) electrons. The number of ether oxygens (including phenoxy) is 2. The van der Waals surface area contributed by atoms with Gasteiger partial charge in [-0.15, -0.1) is 0 Å². The molecule has 1 fully saturated rings. The maximum Gasteiger partial charge on any atom is 0.180 e. The fraction of sp³-hybridized carbons (Fsp3) is 0.391. The quantitative estimate of drug-likeness (QED) is 0.603. The fourth-order valence-electron chi connectivity index (χ4n) is 6.81. The molecule has 0 unspecified atom stereocenters. The van der Waals surface area contributed by atoms with Crippen molar-refractivity contribution in [3.63, 3.8) is 0 Å². The van der Waals surface area contributed by atoms with Gasteiger partial charge in [0.25, 0.3) is 0 Å². The summed E-state index contributed by atoms with van der Waals surface area (Å²) in [5, 5.41) is 0. The van der Waals surface area contributed by atoms with E-state index in [1.807, 2.05) is 14.2 Å². The summed E-state index contributed by atoms with van der Waals surface area (Å²) < 4.78 is 12.1. The lowest BCUT2D eigenvalue weighted by Gasteiger charge is -2.51. The monoisotopic (exact) mass is 330 g/mol. The zero-order valence-corrected chi connectivity index (χ0v) is 14.6. The third-order valence-electron chi connectivity index (χ3n) is 7.47. The fourth-order valence-corrected chi connectivity index (χ4v) is 6.81. The second kappa shape index (κ2) is 4.63. The summed E-state index contributed by atoms with van der Waals surface area (Å²) in [4.78, 5) is 0.